The van der Waals surface area contributed by atoms with Gasteiger partial charge in [-0.25, -0.2) is 8.78 Å². The highest BCUT2D eigenvalue weighted by Crippen LogP contribution is 2.39. The van der Waals surface area contributed by atoms with E-state index in [-0.39, 0.29) is 30.8 Å². The van der Waals surface area contributed by atoms with Gasteiger partial charge in [0.1, 0.15) is 6.23 Å². The number of fused-ring (bicyclic) bond motifs is 1. The van der Waals surface area contributed by atoms with Crippen LogP contribution in [0.3, 0.4) is 0 Å². The molecule has 3 nitrogen and oxygen atoms in total. The molecular weight excluding hydrogens is 372 g/mol. The Hall–Kier alpha value is -1.46. The molecule has 1 aromatic heterocycles. The molecule has 1 saturated heterocycles. The zero-order chi connectivity index (χ0) is 19.0. The third-order valence-corrected chi connectivity index (χ3v) is 6.25. The quantitative estimate of drug-likeness (QED) is 0.549. The van der Waals surface area contributed by atoms with E-state index in [0.717, 1.165) is 30.4 Å². The van der Waals surface area contributed by atoms with E-state index in [1.165, 1.54) is 0 Å². The Morgan fingerprint density at radius 3 is 2.74 bits per heavy atom. The summed E-state index contributed by atoms with van der Waals surface area (Å²) in [6.45, 7) is 0.723. The summed E-state index contributed by atoms with van der Waals surface area (Å²) < 4.78 is 34.4. The molecule has 0 bridgehead atoms. The third kappa shape index (κ3) is 3.90. The number of carbonyl (C=O) groups excluding carboxylic acids is 1. The number of hydrogen-bond acceptors (Lipinski definition) is 2. The van der Waals surface area contributed by atoms with Crippen molar-refractivity contribution in [2.24, 2.45) is 5.92 Å². The highest BCUT2D eigenvalue weighted by atomic mass is 35.5. The first-order valence-electron chi connectivity index (χ1n) is 9.76. The number of Topliss-reactive ketones (excluding diaryl/α,β-unsaturated/α-hetero) is 1. The molecule has 27 heavy (non-hydrogen) atoms. The molecule has 2 heterocycles. The SMILES string of the molecule is O=C(CCC1CCC(F)(F)CC1)c1cn(C2CCCO2)c2cccc(Cl)c12. The van der Waals surface area contributed by atoms with Gasteiger partial charge in [0.25, 0.3) is 0 Å². The summed E-state index contributed by atoms with van der Waals surface area (Å²) in [5, 5.41) is 1.33. The lowest BCUT2D eigenvalue weighted by Gasteiger charge is -2.27. The van der Waals surface area contributed by atoms with E-state index in [9.17, 15) is 13.6 Å². The van der Waals surface area contributed by atoms with Gasteiger partial charge < -0.3 is 9.30 Å². The van der Waals surface area contributed by atoms with Gasteiger partial charge in [-0.15, -0.1) is 0 Å². The molecular formula is C21H24ClF2NO2. The van der Waals surface area contributed by atoms with Gasteiger partial charge in [0.15, 0.2) is 5.78 Å². The van der Waals surface area contributed by atoms with Crippen molar-refractivity contribution in [1.82, 2.24) is 4.57 Å². The first-order chi connectivity index (χ1) is 12.9. The number of nitrogens with zero attached hydrogens (tertiary/aromatic N) is 1. The molecule has 6 heteroatoms. The molecule has 1 aromatic carbocycles. The number of rotatable bonds is 5. The van der Waals surface area contributed by atoms with Crippen LogP contribution in [0.15, 0.2) is 24.4 Å². The number of carbonyl (C=O) groups is 1. The normalized spacial score (nSPS) is 23.1. The molecule has 1 saturated carbocycles. The van der Waals surface area contributed by atoms with E-state index in [0.29, 0.717) is 36.3 Å². The maximum Gasteiger partial charge on any atom is 0.248 e. The van der Waals surface area contributed by atoms with Gasteiger partial charge in [-0.2, -0.15) is 0 Å². The Labute approximate surface area is 162 Å². The zero-order valence-electron chi connectivity index (χ0n) is 15.2. The largest absolute Gasteiger partial charge is 0.358 e. The molecule has 1 atom stereocenters. The first kappa shape index (κ1) is 18.9. The fourth-order valence-electron chi connectivity index (χ4n) is 4.36. The second kappa shape index (κ2) is 7.51. The van der Waals surface area contributed by atoms with Gasteiger partial charge in [-0.3, -0.25) is 4.79 Å². The zero-order valence-corrected chi connectivity index (χ0v) is 16.0. The Balaban J connectivity index is 1.53. The van der Waals surface area contributed by atoms with Gasteiger partial charge in [0.05, 0.1) is 10.5 Å². The van der Waals surface area contributed by atoms with Gasteiger partial charge >= 0.3 is 0 Å². The fourth-order valence-corrected chi connectivity index (χ4v) is 4.63. The lowest BCUT2D eigenvalue weighted by Crippen LogP contribution is -2.24. The topological polar surface area (TPSA) is 31.2 Å². The van der Waals surface area contributed by atoms with Crippen LogP contribution >= 0.6 is 11.6 Å². The second-order valence-electron chi connectivity index (χ2n) is 7.81. The van der Waals surface area contributed by atoms with E-state index in [4.69, 9.17) is 16.3 Å². The Bertz CT molecular complexity index is 832. The smallest absolute Gasteiger partial charge is 0.248 e. The Morgan fingerprint density at radius 2 is 2.04 bits per heavy atom. The monoisotopic (exact) mass is 395 g/mol. The van der Waals surface area contributed by atoms with E-state index < -0.39 is 5.92 Å². The highest BCUT2D eigenvalue weighted by molar-refractivity contribution is 6.37. The minimum atomic E-state index is -2.53. The van der Waals surface area contributed by atoms with E-state index >= 15 is 0 Å². The van der Waals surface area contributed by atoms with E-state index in [1.807, 2.05) is 22.9 Å². The van der Waals surface area contributed by atoms with Crippen molar-refractivity contribution < 1.29 is 18.3 Å². The summed E-state index contributed by atoms with van der Waals surface area (Å²) in [5.41, 5.74) is 1.53. The minimum Gasteiger partial charge on any atom is -0.358 e. The molecule has 0 radical (unpaired) electrons. The minimum absolute atomic E-state index is 0.0298. The molecule has 0 spiro atoms. The predicted molar refractivity (Wildman–Crippen MR) is 102 cm³/mol. The molecule has 4 rings (SSSR count). The molecule has 2 aliphatic rings. The molecule has 1 unspecified atom stereocenters. The first-order valence-corrected chi connectivity index (χ1v) is 10.1. The maximum atomic E-state index is 13.3. The molecule has 0 amide bonds. The number of ether oxygens (including phenoxy) is 1. The fraction of sp³-hybridized carbons (Fsp3) is 0.571. The van der Waals surface area contributed by atoms with Crippen LogP contribution in [-0.2, 0) is 4.74 Å². The van der Waals surface area contributed by atoms with Crippen molar-refractivity contribution in [3.05, 3.63) is 35.0 Å². The maximum absolute atomic E-state index is 13.3. The lowest BCUT2D eigenvalue weighted by atomic mass is 9.83. The molecule has 1 aliphatic heterocycles. The number of hydrogen-bond donors (Lipinski definition) is 0. The summed E-state index contributed by atoms with van der Waals surface area (Å²) in [6.07, 6.45) is 5.62. The van der Waals surface area contributed by atoms with Crippen molar-refractivity contribution in [3.8, 4) is 0 Å². The van der Waals surface area contributed by atoms with Crippen molar-refractivity contribution in [1.29, 1.82) is 0 Å². The number of aromatic nitrogens is 1. The molecule has 1 aliphatic carbocycles. The van der Waals surface area contributed by atoms with Crippen LogP contribution in [0.1, 0.15) is 68.0 Å². The second-order valence-corrected chi connectivity index (χ2v) is 8.22. The molecule has 0 N–H and O–H groups in total. The Kier molecular flexibility index (Phi) is 5.26. The van der Waals surface area contributed by atoms with Gasteiger partial charge in [0.2, 0.25) is 5.92 Å². The average Bonchev–Trinajstić information content (AvgIpc) is 3.28. The van der Waals surface area contributed by atoms with Crippen LogP contribution in [0.5, 0.6) is 0 Å². The summed E-state index contributed by atoms with van der Waals surface area (Å²) in [6, 6.07) is 5.64. The van der Waals surface area contributed by atoms with E-state index in [2.05, 4.69) is 0 Å². The van der Waals surface area contributed by atoms with Crippen LogP contribution in [0.2, 0.25) is 5.02 Å². The number of ketones is 1. The standard InChI is InChI=1S/C21H24ClF2NO2/c22-16-3-1-4-17-20(16)15(13-25(17)19-5-2-12-27-19)18(26)7-6-14-8-10-21(23,24)11-9-14/h1,3-4,13-14,19H,2,5-12H2. The highest BCUT2D eigenvalue weighted by Gasteiger charge is 2.35. The lowest BCUT2D eigenvalue weighted by molar-refractivity contribution is -0.0464. The van der Waals surface area contributed by atoms with E-state index in [1.54, 1.807) is 6.07 Å². The number of alkyl halides is 2. The third-order valence-electron chi connectivity index (χ3n) is 5.94. The van der Waals surface area contributed by atoms with Crippen molar-refractivity contribution in [3.63, 3.8) is 0 Å². The number of halogens is 3. The van der Waals surface area contributed by atoms with Crippen LogP contribution in [0.25, 0.3) is 10.9 Å². The van der Waals surface area contributed by atoms with Crippen molar-refractivity contribution >= 4 is 28.3 Å². The summed E-state index contributed by atoms with van der Waals surface area (Å²) >= 11 is 6.42. The van der Waals surface area contributed by atoms with Crippen LogP contribution in [-0.4, -0.2) is 22.9 Å². The van der Waals surface area contributed by atoms with Gasteiger partial charge in [0, 0.05) is 43.0 Å². The van der Waals surface area contributed by atoms with Gasteiger partial charge in [-0.1, -0.05) is 17.7 Å². The predicted octanol–water partition coefficient (Wildman–Crippen LogP) is 6.39. The Morgan fingerprint density at radius 1 is 1.26 bits per heavy atom. The summed E-state index contributed by atoms with van der Waals surface area (Å²) in [4.78, 5) is 12.9. The summed E-state index contributed by atoms with van der Waals surface area (Å²) in [7, 11) is 0. The van der Waals surface area contributed by atoms with Crippen molar-refractivity contribution in [2.45, 2.75) is 63.5 Å². The molecule has 2 aromatic rings. The van der Waals surface area contributed by atoms with Crippen LogP contribution in [0, 0.1) is 5.92 Å². The average molecular weight is 396 g/mol. The van der Waals surface area contributed by atoms with Crippen LogP contribution in [0.4, 0.5) is 8.78 Å². The summed E-state index contributed by atoms with van der Waals surface area (Å²) in [5.74, 6) is -2.29. The van der Waals surface area contributed by atoms with Crippen LogP contribution < -0.4 is 0 Å². The number of benzene rings is 1. The molecule has 146 valence electrons. The van der Waals surface area contributed by atoms with Crippen molar-refractivity contribution in [2.75, 3.05) is 6.61 Å². The molecule has 2 fully saturated rings. The van der Waals surface area contributed by atoms with Gasteiger partial charge in [-0.05, 0) is 50.2 Å².